The lowest BCUT2D eigenvalue weighted by molar-refractivity contribution is 0.0937. The molecule has 21 heavy (non-hydrogen) atoms. The van der Waals surface area contributed by atoms with Crippen LogP contribution in [0, 0.1) is 13.8 Å². The van der Waals surface area contributed by atoms with Crippen molar-refractivity contribution in [3.05, 3.63) is 47.4 Å². The summed E-state index contributed by atoms with van der Waals surface area (Å²) in [5.41, 5.74) is 3.72. The fourth-order valence-corrected chi connectivity index (χ4v) is 1.81. The molecule has 0 aliphatic rings. The van der Waals surface area contributed by atoms with E-state index < -0.39 is 0 Å². The number of hydrogen-bond donors (Lipinski definition) is 2. The first-order chi connectivity index (χ1) is 9.95. The van der Waals surface area contributed by atoms with E-state index in [1.54, 1.807) is 6.20 Å². The average molecular weight is 284 g/mol. The van der Waals surface area contributed by atoms with Crippen LogP contribution in [-0.2, 0) is 0 Å². The molecule has 2 aromatic rings. The Balaban J connectivity index is 2.08. The number of hydrogen-bond acceptors (Lipinski definition) is 4. The van der Waals surface area contributed by atoms with Crippen molar-refractivity contribution in [2.75, 3.05) is 5.32 Å². The Hall–Kier alpha value is -2.43. The van der Waals surface area contributed by atoms with E-state index in [9.17, 15) is 4.79 Å². The Morgan fingerprint density at radius 1 is 1.10 bits per heavy atom. The van der Waals surface area contributed by atoms with Crippen molar-refractivity contribution < 1.29 is 4.79 Å². The van der Waals surface area contributed by atoms with E-state index in [0.29, 0.717) is 11.5 Å². The monoisotopic (exact) mass is 284 g/mol. The van der Waals surface area contributed by atoms with Crippen molar-refractivity contribution in [1.29, 1.82) is 0 Å². The average Bonchev–Trinajstić information content (AvgIpc) is 2.43. The second-order valence-corrected chi connectivity index (χ2v) is 5.34. The summed E-state index contributed by atoms with van der Waals surface area (Å²) in [4.78, 5) is 20.1. The van der Waals surface area contributed by atoms with E-state index in [2.05, 4.69) is 46.6 Å². The van der Waals surface area contributed by atoms with Gasteiger partial charge in [0.25, 0.3) is 5.91 Å². The Morgan fingerprint density at radius 3 is 2.43 bits per heavy atom. The number of aryl methyl sites for hydroxylation is 2. The van der Waals surface area contributed by atoms with Gasteiger partial charge < -0.3 is 10.6 Å². The summed E-state index contributed by atoms with van der Waals surface area (Å²) in [6.45, 7) is 7.94. The van der Waals surface area contributed by atoms with Crippen molar-refractivity contribution in [2.24, 2.45) is 0 Å². The summed E-state index contributed by atoms with van der Waals surface area (Å²) in [6, 6.07) is 6.17. The first-order valence-electron chi connectivity index (χ1n) is 6.93. The molecule has 0 fully saturated rings. The molecule has 0 aliphatic heterocycles. The third kappa shape index (κ3) is 4.02. The standard InChI is InChI=1S/C16H20N4O/c1-10(2)19-16(21)14-8-18-15(9-17-14)20-13-6-5-11(3)12(4)7-13/h5-10H,1-4H3,(H,18,20)(H,19,21). The Morgan fingerprint density at radius 2 is 1.86 bits per heavy atom. The minimum absolute atomic E-state index is 0.0765. The SMILES string of the molecule is Cc1ccc(Nc2cnc(C(=O)NC(C)C)cn2)cc1C. The van der Waals surface area contributed by atoms with Gasteiger partial charge in [0, 0.05) is 11.7 Å². The largest absolute Gasteiger partial charge is 0.348 e. The summed E-state index contributed by atoms with van der Waals surface area (Å²) >= 11 is 0. The molecular formula is C16H20N4O. The molecular weight excluding hydrogens is 264 g/mol. The maximum Gasteiger partial charge on any atom is 0.271 e. The van der Waals surface area contributed by atoms with E-state index in [4.69, 9.17) is 0 Å². The summed E-state index contributed by atoms with van der Waals surface area (Å²) in [5, 5.41) is 5.95. The smallest absolute Gasteiger partial charge is 0.271 e. The maximum absolute atomic E-state index is 11.8. The molecule has 2 rings (SSSR count). The van der Waals surface area contributed by atoms with Gasteiger partial charge in [-0.05, 0) is 51.0 Å². The minimum atomic E-state index is -0.213. The zero-order valence-corrected chi connectivity index (χ0v) is 12.8. The van der Waals surface area contributed by atoms with Crippen LogP contribution in [0.4, 0.5) is 11.5 Å². The van der Waals surface area contributed by atoms with E-state index in [1.807, 2.05) is 19.9 Å². The molecule has 2 N–H and O–H groups in total. The highest BCUT2D eigenvalue weighted by Gasteiger charge is 2.09. The van der Waals surface area contributed by atoms with Crippen molar-refractivity contribution >= 4 is 17.4 Å². The fourth-order valence-electron chi connectivity index (χ4n) is 1.81. The van der Waals surface area contributed by atoms with Crippen LogP contribution in [0.15, 0.2) is 30.6 Å². The molecule has 0 aliphatic carbocycles. The number of carbonyl (C=O) groups is 1. The first-order valence-corrected chi connectivity index (χ1v) is 6.93. The number of nitrogens with one attached hydrogen (secondary N) is 2. The normalized spacial score (nSPS) is 10.5. The van der Waals surface area contributed by atoms with Crippen LogP contribution in [0.5, 0.6) is 0 Å². The van der Waals surface area contributed by atoms with Crippen molar-refractivity contribution in [3.8, 4) is 0 Å². The molecule has 110 valence electrons. The number of rotatable bonds is 4. The topological polar surface area (TPSA) is 66.9 Å². The van der Waals surface area contributed by atoms with Crippen LogP contribution < -0.4 is 10.6 Å². The third-order valence-electron chi connectivity index (χ3n) is 3.08. The molecule has 1 aromatic heterocycles. The highest BCUT2D eigenvalue weighted by atomic mass is 16.1. The number of anilines is 2. The maximum atomic E-state index is 11.8. The van der Waals surface area contributed by atoms with Crippen LogP contribution >= 0.6 is 0 Å². The molecule has 5 heteroatoms. The van der Waals surface area contributed by atoms with Gasteiger partial charge in [0.2, 0.25) is 0 Å². The summed E-state index contributed by atoms with van der Waals surface area (Å²) in [5.74, 6) is 0.398. The molecule has 1 aromatic carbocycles. The Labute approximate surface area is 124 Å². The molecule has 0 bridgehead atoms. The molecule has 1 amide bonds. The van der Waals surface area contributed by atoms with Crippen LogP contribution in [-0.4, -0.2) is 21.9 Å². The first kappa shape index (κ1) is 15.0. The van der Waals surface area contributed by atoms with E-state index >= 15 is 0 Å². The molecule has 0 saturated heterocycles. The number of nitrogens with zero attached hydrogens (tertiary/aromatic N) is 2. The second kappa shape index (κ2) is 6.35. The quantitative estimate of drug-likeness (QED) is 0.905. The Kier molecular flexibility index (Phi) is 4.52. The predicted molar refractivity (Wildman–Crippen MR) is 83.8 cm³/mol. The van der Waals surface area contributed by atoms with Gasteiger partial charge in [0.05, 0.1) is 12.4 Å². The van der Waals surface area contributed by atoms with E-state index in [1.165, 1.54) is 17.3 Å². The van der Waals surface area contributed by atoms with E-state index in [0.717, 1.165) is 5.69 Å². The number of aromatic nitrogens is 2. The van der Waals surface area contributed by atoms with Crippen LogP contribution in [0.3, 0.4) is 0 Å². The Bertz CT molecular complexity index is 635. The number of carbonyl (C=O) groups excluding carboxylic acids is 1. The van der Waals surface area contributed by atoms with Crippen molar-refractivity contribution in [1.82, 2.24) is 15.3 Å². The predicted octanol–water partition coefficient (Wildman–Crippen LogP) is 2.98. The summed E-state index contributed by atoms with van der Waals surface area (Å²) in [7, 11) is 0. The van der Waals surface area contributed by atoms with Gasteiger partial charge in [-0.25, -0.2) is 9.97 Å². The van der Waals surface area contributed by atoms with Crippen molar-refractivity contribution in [3.63, 3.8) is 0 Å². The third-order valence-corrected chi connectivity index (χ3v) is 3.08. The fraction of sp³-hybridized carbons (Fsp3) is 0.312. The van der Waals surface area contributed by atoms with Gasteiger partial charge in [0.15, 0.2) is 0 Å². The van der Waals surface area contributed by atoms with Crippen LogP contribution in [0.25, 0.3) is 0 Å². The number of benzene rings is 1. The lowest BCUT2D eigenvalue weighted by Crippen LogP contribution is -2.30. The molecule has 5 nitrogen and oxygen atoms in total. The zero-order chi connectivity index (χ0) is 15.4. The zero-order valence-electron chi connectivity index (χ0n) is 12.8. The van der Waals surface area contributed by atoms with Crippen LogP contribution in [0.2, 0.25) is 0 Å². The second-order valence-electron chi connectivity index (χ2n) is 5.34. The van der Waals surface area contributed by atoms with Crippen LogP contribution in [0.1, 0.15) is 35.5 Å². The van der Waals surface area contributed by atoms with Gasteiger partial charge in [0.1, 0.15) is 11.5 Å². The van der Waals surface area contributed by atoms with Gasteiger partial charge in [-0.15, -0.1) is 0 Å². The van der Waals surface area contributed by atoms with Gasteiger partial charge in [-0.3, -0.25) is 4.79 Å². The lowest BCUT2D eigenvalue weighted by atomic mass is 10.1. The minimum Gasteiger partial charge on any atom is -0.348 e. The molecule has 0 saturated carbocycles. The molecule has 0 radical (unpaired) electrons. The molecule has 1 heterocycles. The van der Waals surface area contributed by atoms with Crippen molar-refractivity contribution in [2.45, 2.75) is 33.7 Å². The lowest BCUT2D eigenvalue weighted by Gasteiger charge is -2.09. The summed E-state index contributed by atoms with van der Waals surface area (Å²) < 4.78 is 0. The molecule has 0 spiro atoms. The molecule has 0 unspecified atom stereocenters. The van der Waals surface area contributed by atoms with E-state index in [-0.39, 0.29) is 11.9 Å². The highest BCUT2D eigenvalue weighted by Crippen LogP contribution is 2.17. The highest BCUT2D eigenvalue weighted by molar-refractivity contribution is 5.92. The molecule has 0 atom stereocenters. The van der Waals surface area contributed by atoms with Gasteiger partial charge in [-0.1, -0.05) is 6.07 Å². The number of amides is 1. The van der Waals surface area contributed by atoms with Gasteiger partial charge >= 0.3 is 0 Å². The summed E-state index contributed by atoms with van der Waals surface area (Å²) in [6.07, 6.45) is 3.03. The van der Waals surface area contributed by atoms with Gasteiger partial charge in [-0.2, -0.15) is 0 Å².